The molecule has 2 amide bonds. The molecule has 7 nitrogen and oxygen atoms in total. The number of likely N-dealkylation sites (tertiary alicyclic amines) is 1. The van der Waals surface area contributed by atoms with E-state index in [2.05, 4.69) is 15.5 Å². The number of carbonyl (C=O) groups excluding carboxylic acids is 2. The van der Waals surface area contributed by atoms with Crippen LogP contribution in [0, 0.1) is 0 Å². The van der Waals surface area contributed by atoms with Gasteiger partial charge in [0, 0.05) is 50.5 Å². The van der Waals surface area contributed by atoms with Crippen LogP contribution in [-0.4, -0.2) is 49.0 Å². The molecule has 0 atom stereocenters. The van der Waals surface area contributed by atoms with Gasteiger partial charge in [0.15, 0.2) is 0 Å². The smallest absolute Gasteiger partial charge is 0.253 e. The van der Waals surface area contributed by atoms with Crippen molar-refractivity contribution in [3.63, 3.8) is 0 Å². The van der Waals surface area contributed by atoms with Crippen LogP contribution in [0.1, 0.15) is 30.1 Å². The molecule has 0 aliphatic carbocycles. The molecule has 0 radical (unpaired) electrons. The lowest BCUT2D eigenvalue weighted by atomic mass is 10.1. The SMILES string of the molecule is CC(=O)Nc1ccc(N)c(C(=O)NCCN2CCC(Oc3ccc(Cl)c(Cl)c3)CC2)c1. The van der Waals surface area contributed by atoms with Crippen molar-refractivity contribution in [1.29, 1.82) is 0 Å². The molecule has 1 aliphatic heterocycles. The number of nitrogens with two attached hydrogens (primary N) is 1. The molecular weight excluding hydrogens is 439 g/mol. The van der Waals surface area contributed by atoms with E-state index in [4.69, 9.17) is 33.7 Å². The lowest BCUT2D eigenvalue weighted by molar-refractivity contribution is -0.114. The molecule has 166 valence electrons. The fourth-order valence-electron chi connectivity index (χ4n) is 3.45. The summed E-state index contributed by atoms with van der Waals surface area (Å²) in [5.74, 6) is 0.254. The number of carbonyl (C=O) groups is 2. The first kappa shape index (κ1) is 23.2. The van der Waals surface area contributed by atoms with Crippen LogP contribution in [-0.2, 0) is 4.79 Å². The van der Waals surface area contributed by atoms with Gasteiger partial charge in [0.05, 0.1) is 15.6 Å². The highest BCUT2D eigenvalue weighted by atomic mass is 35.5. The topological polar surface area (TPSA) is 96.7 Å². The van der Waals surface area contributed by atoms with Crippen molar-refractivity contribution >= 4 is 46.4 Å². The van der Waals surface area contributed by atoms with Crippen LogP contribution in [0.4, 0.5) is 11.4 Å². The van der Waals surface area contributed by atoms with Crippen LogP contribution < -0.4 is 21.1 Å². The molecule has 0 spiro atoms. The first-order chi connectivity index (χ1) is 14.8. The Labute approximate surface area is 191 Å². The quantitative estimate of drug-likeness (QED) is 0.541. The van der Waals surface area contributed by atoms with E-state index in [1.807, 2.05) is 6.07 Å². The summed E-state index contributed by atoms with van der Waals surface area (Å²) >= 11 is 12.0. The first-order valence-corrected chi connectivity index (χ1v) is 10.9. The van der Waals surface area contributed by atoms with E-state index >= 15 is 0 Å². The maximum Gasteiger partial charge on any atom is 0.253 e. The molecule has 31 heavy (non-hydrogen) atoms. The van der Waals surface area contributed by atoms with Crippen molar-refractivity contribution in [2.24, 2.45) is 0 Å². The molecular formula is C22H26Cl2N4O3. The molecule has 1 fully saturated rings. The first-order valence-electron chi connectivity index (χ1n) is 10.1. The van der Waals surface area contributed by atoms with Crippen LogP contribution in [0.2, 0.25) is 10.0 Å². The van der Waals surface area contributed by atoms with Crippen molar-refractivity contribution in [1.82, 2.24) is 10.2 Å². The van der Waals surface area contributed by atoms with Gasteiger partial charge in [-0.2, -0.15) is 0 Å². The summed E-state index contributed by atoms with van der Waals surface area (Å²) in [6.45, 7) is 4.40. The van der Waals surface area contributed by atoms with Crippen LogP contribution in [0.25, 0.3) is 0 Å². The normalized spacial score (nSPS) is 14.8. The molecule has 1 aliphatic rings. The lowest BCUT2D eigenvalue weighted by Gasteiger charge is -2.32. The molecule has 0 saturated carbocycles. The van der Waals surface area contributed by atoms with Crippen LogP contribution in [0.3, 0.4) is 0 Å². The third kappa shape index (κ3) is 6.75. The summed E-state index contributed by atoms with van der Waals surface area (Å²) in [7, 11) is 0. The second kappa shape index (κ2) is 10.7. The fraction of sp³-hybridized carbons (Fsp3) is 0.364. The van der Waals surface area contributed by atoms with Gasteiger partial charge < -0.3 is 26.0 Å². The number of benzene rings is 2. The van der Waals surface area contributed by atoms with Crippen LogP contribution >= 0.6 is 23.2 Å². The number of anilines is 2. The maximum atomic E-state index is 12.5. The Bertz CT molecular complexity index is 946. The van der Waals surface area contributed by atoms with Crippen molar-refractivity contribution in [2.45, 2.75) is 25.9 Å². The van der Waals surface area contributed by atoms with Gasteiger partial charge in [0.1, 0.15) is 11.9 Å². The van der Waals surface area contributed by atoms with Crippen molar-refractivity contribution < 1.29 is 14.3 Å². The van der Waals surface area contributed by atoms with Crippen molar-refractivity contribution in [3.05, 3.63) is 52.0 Å². The van der Waals surface area contributed by atoms with Gasteiger partial charge in [0.2, 0.25) is 5.91 Å². The highest BCUT2D eigenvalue weighted by molar-refractivity contribution is 6.42. The Morgan fingerprint density at radius 3 is 2.55 bits per heavy atom. The Morgan fingerprint density at radius 2 is 1.87 bits per heavy atom. The maximum absolute atomic E-state index is 12.5. The van der Waals surface area contributed by atoms with E-state index in [1.165, 1.54) is 6.92 Å². The van der Waals surface area contributed by atoms with Gasteiger partial charge in [-0.25, -0.2) is 0 Å². The standard InChI is InChI=1S/C22H26Cl2N4O3/c1-14(29)27-15-2-5-21(25)18(12-15)22(30)26-8-11-28-9-6-16(7-10-28)31-17-3-4-19(23)20(24)13-17/h2-5,12-13,16H,6-11,25H2,1H3,(H,26,30)(H,27,29). The molecule has 0 unspecified atom stereocenters. The van der Waals surface area contributed by atoms with E-state index < -0.39 is 0 Å². The summed E-state index contributed by atoms with van der Waals surface area (Å²) in [6, 6.07) is 10.1. The predicted molar refractivity (Wildman–Crippen MR) is 124 cm³/mol. The number of ether oxygens (including phenoxy) is 1. The number of hydrogen-bond acceptors (Lipinski definition) is 5. The number of nitrogens with one attached hydrogen (secondary N) is 2. The van der Waals surface area contributed by atoms with Gasteiger partial charge in [-0.05, 0) is 43.2 Å². The summed E-state index contributed by atoms with van der Waals surface area (Å²) in [4.78, 5) is 26.0. The van der Waals surface area contributed by atoms with Crippen LogP contribution in [0.5, 0.6) is 5.75 Å². The number of rotatable bonds is 7. The minimum atomic E-state index is -0.262. The largest absolute Gasteiger partial charge is 0.490 e. The molecule has 0 bridgehead atoms. The van der Waals surface area contributed by atoms with E-state index in [0.717, 1.165) is 38.2 Å². The molecule has 1 heterocycles. The summed E-state index contributed by atoms with van der Waals surface area (Å²) in [5.41, 5.74) is 7.17. The molecule has 2 aromatic carbocycles. The number of hydrogen-bond donors (Lipinski definition) is 3. The Hall–Kier alpha value is -2.48. The van der Waals surface area contributed by atoms with E-state index in [0.29, 0.717) is 33.5 Å². The highest BCUT2D eigenvalue weighted by Gasteiger charge is 2.21. The summed E-state index contributed by atoms with van der Waals surface area (Å²) < 4.78 is 6.01. The van der Waals surface area contributed by atoms with Gasteiger partial charge in [-0.15, -0.1) is 0 Å². The van der Waals surface area contributed by atoms with Crippen molar-refractivity contribution in [3.8, 4) is 5.75 Å². The second-order valence-electron chi connectivity index (χ2n) is 7.47. The minimum Gasteiger partial charge on any atom is -0.490 e. The average molecular weight is 465 g/mol. The number of piperidine rings is 1. The Morgan fingerprint density at radius 1 is 1.13 bits per heavy atom. The van der Waals surface area contributed by atoms with Gasteiger partial charge in [-0.3, -0.25) is 9.59 Å². The highest BCUT2D eigenvalue weighted by Crippen LogP contribution is 2.28. The molecule has 2 aromatic rings. The summed E-state index contributed by atoms with van der Waals surface area (Å²) in [6.07, 6.45) is 1.90. The zero-order valence-electron chi connectivity index (χ0n) is 17.3. The molecule has 4 N–H and O–H groups in total. The average Bonchev–Trinajstić information content (AvgIpc) is 2.73. The number of amides is 2. The number of nitrogen functional groups attached to an aromatic ring is 1. The third-order valence-electron chi connectivity index (χ3n) is 5.06. The van der Waals surface area contributed by atoms with E-state index in [9.17, 15) is 9.59 Å². The minimum absolute atomic E-state index is 0.124. The zero-order valence-corrected chi connectivity index (χ0v) is 18.8. The van der Waals surface area contributed by atoms with Gasteiger partial charge in [-0.1, -0.05) is 23.2 Å². The number of nitrogens with zero attached hydrogens (tertiary/aromatic N) is 1. The zero-order chi connectivity index (χ0) is 22.4. The molecule has 9 heteroatoms. The second-order valence-corrected chi connectivity index (χ2v) is 8.29. The third-order valence-corrected chi connectivity index (χ3v) is 5.80. The predicted octanol–water partition coefficient (Wildman–Crippen LogP) is 3.81. The van der Waals surface area contributed by atoms with E-state index in [-0.39, 0.29) is 17.9 Å². The van der Waals surface area contributed by atoms with Gasteiger partial charge in [0.25, 0.3) is 5.91 Å². The Balaban J connectivity index is 1.42. The molecule has 3 rings (SSSR count). The molecule has 1 saturated heterocycles. The van der Waals surface area contributed by atoms with Crippen molar-refractivity contribution in [2.75, 3.05) is 37.2 Å². The number of halogens is 2. The van der Waals surface area contributed by atoms with Crippen LogP contribution in [0.15, 0.2) is 36.4 Å². The lowest BCUT2D eigenvalue weighted by Crippen LogP contribution is -2.42. The fourth-order valence-corrected chi connectivity index (χ4v) is 3.74. The Kier molecular flexibility index (Phi) is 8.01. The monoisotopic (exact) mass is 464 g/mol. The van der Waals surface area contributed by atoms with E-state index in [1.54, 1.807) is 30.3 Å². The van der Waals surface area contributed by atoms with Gasteiger partial charge >= 0.3 is 0 Å². The molecule has 0 aromatic heterocycles. The summed E-state index contributed by atoms with van der Waals surface area (Å²) in [5, 5.41) is 6.54.